The molecule has 4 rings (SSSR count). The first kappa shape index (κ1) is 18.4. The van der Waals surface area contributed by atoms with Gasteiger partial charge in [-0.1, -0.05) is 30.3 Å². The van der Waals surface area contributed by atoms with Crippen LogP contribution in [0.5, 0.6) is 0 Å². The molecular weight excluding hydrogens is 328 g/mol. The van der Waals surface area contributed by atoms with E-state index in [1.807, 2.05) is 6.07 Å². The number of likely N-dealkylation sites (tertiary alicyclic amines) is 1. The third-order valence-electron chi connectivity index (χ3n) is 6.26. The van der Waals surface area contributed by atoms with Gasteiger partial charge in [-0.15, -0.1) is 0 Å². The van der Waals surface area contributed by atoms with Crippen molar-refractivity contribution in [1.82, 2.24) is 9.80 Å². The predicted molar refractivity (Wildman–Crippen MR) is 101 cm³/mol. The highest BCUT2D eigenvalue weighted by atomic mass is 16.5. The average molecular weight is 360 g/mol. The normalized spacial score (nSPS) is 30.5. The van der Waals surface area contributed by atoms with Crippen molar-refractivity contribution < 1.29 is 14.6 Å². The Morgan fingerprint density at radius 1 is 0.962 bits per heavy atom. The van der Waals surface area contributed by atoms with Crippen LogP contribution >= 0.6 is 0 Å². The standard InChI is InChI=1S/C21H32N2O3/c24-19-16-20(18-4-2-1-3-5-18)26-21(17-19)6-8-22(9-7-21)10-11-23-12-14-25-15-13-23/h1-5,19-20,24H,6-17H2/t19-,20-/m1/s1. The molecule has 5 heteroatoms. The predicted octanol–water partition coefficient (Wildman–Crippen LogP) is 2.07. The molecule has 3 aliphatic rings. The van der Waals surface area contributed by atoms with Crippen molar-refractivity contribution in [2.75, 3.05) is 52.5 Å². The van der Waals surface area contributed by atoms with Crippen LogP contribution < -0.4 is 0 Å². The smallest absolute Gasteiger partial charge is 0.0857 e. The van der Waals surface area contributed by atoms with Crippen molar-refractivity contribution in [2.24, 2.45) is 0 Å². The molecule has 2 atom stereocenters. The van der Waals surface area contributed by atoms with E-state index in [4.69, 9.17) is 9.47 Å². The fraction of sp³-hybridized carbons (Fsp3) is 0.714. The summed E-state index contributed by atoms with van der Waals surface area (Å²) in [6, 6.07) is 10.4. The van der Waals surface area contributed by atoms with Crippen LogP contribution in [0.15, 0.2) is 30.3 Å². The number of rotatable bonds is 4. The quantitative estimate of drug-likeness (QED) is 0.891. The number of aliphatic hydroxyl groups excluding tert-OH is 1. The highest BCUT2D eigenvalue weighted by Gasteiger charge is 2.43. The first-order valence-corrected chi connectivity index (χ1v) is 10.2. The minimum Gasteiger partial charge on any atom is -0.393 e. The zero-order chi connectivity index (χ0) is 17.8. The molecule has 1 N–H and O–H groups in total. The van der Waals surface area contributed by atoms with Gasteiger partial charge in [0.15, 0.2) is 0 Å². The van der Waals surface area contributed by atoms with Crippen LogP contribution in [0.4, 0.5) is 0 Å². The maximum absolute atomic E-state index is 10.5. The number of hydrogen-bond donors (Lipinski definition) is 1. The second kappa shape index (κ2) is 8.36. The maximum Gasteiger partial charge on any atom is 0.0857 e. The van der Waals surface area contributed by atoms with E-state index < -0.39 is 0 Å². The highest BCUT2D eigenvalue weighted by molar-refractivity contribution is 5.19. The van der Waals surface area contributed by atoms with Gasteiger partial charge in [0, 0.05) is 52.1 Å². The Bertz CT molecular complexity index is 554. The number of aliphatic hydroxyl groups is 1. The lowest BCUT2D eigenvalue weighted by Gasteiger charge is -2.48. The van der Waals surface area contributed by atoms with Crippen LogP contribution in [-0.4, -0.2) is 79.1 Å². The minimum absolute atomic E-state index is 0.0276. The number of morpholine rings is 1. The van der Waals surface area contributed by atoms with Crippen molar-refractivity contribution in [3.8, 4) is 0 Å². The third kappa shape index (κ3) is 4.46. The molecule has 3 saturated heterocycles. The molecule has 26 heavy (non-hydrogen) atoms. The van der Waals surface area contributed by atoms with Gasteiger partial charge < -0.3 is 19.5 Å². The van der Waals surface area contributed by atoms with Crippen molar-refractivity contribution in [2.45, 2.75) is 43.5 Å². The Morgan fingerprint density at radius 3 is 2.31 bits per heavy atom. The summed E-state index contributed by atoms with van der Waals surface area (Å²) in [5, 5.41) is 10.5. The Hall–Kier alpha value is -0.980. The van der Waals surface area contributed by atoms with Gasteiger partial charge in [-0.05, 0) is 18.4 Å². The van der Waals surface area contributed by atoms with Gasteiger partial charge in [-0.2, -0.15) is 0 Å². The SMILES string of the molecule is O[C@@H]1C[C@H](c2ccccc2)OC2(CCN(CCN3CCOCC3)CC2)C1. The second-order valence-electron chi connectivity index (χ2n) is 8.09. The molecule has 0 bridgehead atoms. The van der Waals surface area contributed by atoms with E-state index in [1.54, 1.807) is 0 Å². The first-order valence-electron chi connectivity index (χ1n) is 10.2. The Kier molecular flexibility index (Phi) is 5.91. The van der Waals surface area contributed by atoms with Crippen molar-refractivity contribution in [3.63, 3.8) is 0 Å². The van der Waals surface area contributed by atoms with E-state index in [2.05, 4.69) is 34.1 Å². The van der Waals surface area contributed by atoms with Crippen LogP contribution in [0, 0.1) is 0 Å². The lowest BCUT2D eigenvalue weighted by atomic mass is 9.81. The van der Waals surface area contributed by atoms with Crippen molar-refractivity contribution >= 4 is 0 Å². The van der Waals surface area contributed by atoms with Crippen molar-refractivity contribution in [1.29, 1.82) is 0 Å². The summed E-state index contributed by atoms with van der Waals surface area (Å²) in [6.07, 6.45) is 3.32. The Balaban J connectivity index is 1.30. The van der Waals surface area contributed by atoms with Crippen LogP contribution in [0.2, 0.25) is 0 Å². The van der Waals surface area contributed by atoms with E-state index in [0.29, 0.717) is 6.42 Å². The molecule has 0 radical (unpaired) electrons. The molecule has 0 saturated carbocycles. The number of ether oxygens (including phenoxy) is 2. The van der Waals surface area contributed by atoms with Crippen LogP contribution in [0.25, 0.3) is 0 Å². The molecule has 3 aliphatic heterocycles. The van der Waals surface area contributed by atoms with Crippen molar-refractivity contribution in [3.05, 3.63) is 35.9 Å². The zero-order valence-electron chi connectivity index (χ0n) is 15.7. The van der Waals surface area contributed by atoms with E-state index >= 15 is 0 Å². The molecule has 0 unspecified atom stereocenters. The van der Waals surface area contributed by atoms with Gasteiger partial charge >= 0.3 is 0 Å². The molecule has 1 spiro atoms. The first-order chi connectivity index (χ1) is 12.7. The molecule has 0 amide bonds. The molecule has 3 heterocycles. The highest BCUT2D eigenvalue weighted by Crippen LogP contribution is 2.42. The third-order valence-corrected chi connectivity index (χ3v) is 6.26. The lowest BCUT2D eigenvalue weighted by molar-refractivity contribution is -0.184. The monoisotopic (exact) mass is 360 g/mol. The molecular formula is C21H32N2O3. The number of benzene rings is 1. The fourth-order valence-corrected chi connectivity index (χ4v) is 4.64. The topological polar surface area (TPSA) is 45.2 Å². The molecule has 0 aliphatic carbocycles. The van der Waals surface area contributed by atoms with E-state index in [1.165, 1.54) is 5.56 Å². The molecule has 1 aromatic carbocycles. The molecule has 144 valence electrons. The fourth-order valence-electron chi connectivity index (χ4n) is 4.64. The second-order valence-corrected chi connectivity index (χ2v) is 8.09. The minimum atomic E-state index is -0.256. The number of nitrogens with zero attached hydrogens (tertiary/aromatic N) is 2. The van der Waals surface area contributed by atoms with Crippen LogP contribution in [-0.2, 0) is 9.47 Å². The molecule has 3 fully saturated rings. The zero-order valence-corrected chi connectivity index (χ0v) is 15.7. The van der Waals surface area contributed by atoms with Gasteiger partial charge in [-0.3, -0.25) is 4.90 Å². The van der Waals surface area contributed by atoms with Gasteiger partial charge in [0.1, 0.15) is 0 Å². The average Bonchev–Trinajstić information content (AvgIpc) is 2.69. The summed E-state index contributed by atoms with van der Waals surface area (Å²) < 4.78 is 12.0. The summed E-state index contributed by atoms with van der Waals surface area (Å²) in [5.41, 5.74) is 1.05. The number of hydrogen-bond acceptors (Lipinski definition) is 5. The number of piperidine rings is 1. The summed E-state index contributed by atoms with van der Waals surface area (Å²) >= 11 is 0. The van der Waals surface area contributed by atoms with E-state index in [-0.39, 0.29) is 17.8 Å². The van der Waals surface area contributed by atoms with Gasteiger partial charge in [0.2, 0.25) is 0 Å². The summed E-state index contributed by atoms with van der Waals surface area (Å²) in [4.78, 5) is 5.06. The summed E-state index contributed by atoms with van der Waals surface area (Å²) in [6.45, 7) is 8.26. The van der Waals surface area contributed by atoms with E-state index in [0.717, 1.165) is 71.7 Å². The Labute approximate surface area is 156 Å². The molecule has 0 aromatic heterocycles. The van der Waals surface area contributed by atoms with Gasteiger partial charge in [-0.25, -0.2) is 0 Å². The van der Waals surface area contributed by atoms with E-state index in [9.17, 15) is 5.11 Å². The largest absolute Gasteiger partial charge is 0.393 e. The van der Waals surface area contributed by atoms with Gasteiger partial charge in [0.05, 0.1) is 31.0 Å². The molecule has 5 nitrogen and oxygen atoms in total. The van der Waals surface area contributed by atoms with Gasteiger partial charge in [0.25, 0.3) is 0 Å². The summed E-state index contributed by atoms with van der Waals surface area (Å²) in [5.74, 6) is 0. The summed E-state index contributed by atoms with van der Waals surface area (Å²) in [7, 11) is 0. The van der Waals surface area contributed by atoms with Crippen LogP contribution in [0.3, 0.4) is 0 Å². The maximum atomic E-state index is 10.5. The molecule has 1 aromatic rings. The lowest BCUT2D eigenvalue weighted by Crippen LogP contribution is -2.52. The van der Waals surface area contributed by atoms with Crippen LogP contribution in [0.1, 0.15) is 37.4 Å². The Morgan fingerprint density at radius 2 is 1.62 bits per heavy atom.